The van der Waals surface area contributed by atoms with E-state index in [9.17, 15) is 13.2 Å². The number of rotatable bonds is 4. The van der Waals surface area contributed by atoms with Gasteiger partial charge < -0.3 is 21.9 Å². The number of nitrogens with zero attached hydrogens (tertiary/aromatic N) is 1. The van der Waals surface area contributed by atoms with E-state index in [1.807, 2.05) is 6.07 Å². The largest absolute Gasteiger partial charge is 1.00 e. The predicted molar refractivity (Wildman–Crippen MR) is 85.9 cm³/mol. The first kappa shape index (κ1) is 19.1. The van der Waals surface area contributed by atoms with Crippen LogP contribution < -0.4 is 17.3 Å². The van der Waals surface area contributed by atoms with Crippen molar-refractivity contribution < 1.29 is 30.5 Å². The highest BCUT2D eigenvalue weighted by Gasteiger charge is 2.35. The summed E-state index contributed by atoms with van der Waals surface area (Å²) in [6.45, 7) is 1.83. The Morgan fingerprint density at radius 1 is 1.12 bits per heavy atom. The van der Waals surface area contributed by atoms with E-state index >= 15 is 0 Å². The lowest BCUT2D eigenvalue weighted by atomic mass is 9.93. The van der Waals surface area contributed by atoms with E-state index in [0.717, 1.165) is 62.0 Å². The van der Waals surface area contributed by atoms with Crippen molar-refractivity contribution in [3.05, 3.63) is 35.0 Å². The fourth-order valence-corrected chi connectivity index (χ4v) is 3.77. The first-order valence-electron chi connectivity index (χ1n) is 8.39. The Bertz CT molecular complexity index is 704. The third-order valence-electron chi connectivity index (χ3n) is 4.76. The normalized spacial score (nSPS) is 14.8. The van der Waals surface area contributed by atoms with Gasteiger partial charge in [-0.1, -0.05) is 6.07 Å². The molecule has 2 nitrogen and oxygen atoms in total. The molecule has 1 N–H and O–H groups in total. The van der Waals surface area contributed by atoms with Gasteiger partial charge in [-0.2, -0.15) is 13.2 Å². The third-order valence-corrected chi connectivity index (χ3v) is 4.76. The minimum atomic E-state index is -4.29. The number of nitrogens with one attached hydrogen (secondary N) is 1. The van der Waals surface area contributed by atoms with E-state index in [2.05, 4.69) is 18.7 Å². The van der Waals surface area contributed by atoms with Gasteiger partial charge >= 0.3 is 6.18 Å². The van der Waals surface area contributed by atoms with Crippen LogP contribution in [0.1, 0.15) is 36.1 Å². The number of aromatic nitrogens is 1. The SMILES string of the molecule is C[NH+](C)CCCn1c2c(c3c(C(F)(F)F)cccc31)CCCC2.[Cl-]. The maximum absolute atomic E-state index is 13.4. The van der Waals surface area contributed by atoms with E-state index in [1.54, 1.807) is 6.07 Å². The molecule has 2 aromatic rings. The molecule has 1 aromatic heterocycles. The standard InChI is InChI=1S/C18H23F3N2.ClH/c1-22(2)11-6-12-23-15-9-4-3-7-13(15)17-14(18(19,20)21)8-5-10-16(17)23;/h5,8,10H,3-4,6-7,9,11-12H2,1-2H3;1H. The molecule has 0 saturated carbocycles. The lowest BCUT2D eigenvalue weighted by Gasteiger charge is -2.16. The average molecular weight is 361 g/mol. The summed E-state index contributed by atoms with van der Waals surface area (Å²) in [7, 11) is 4.20. The second-order valence-electron chi connectivity index (χ2n) is 6.79. The number of hydrogen-bond acceptors (Lipinski definition) is 0. The molecule has 0 saturated heterocycles. The Labute approximate surface area is 147 Å². The van der Waals surface area contributed by atoms with Gasteiger partial charge in [-0.05, 0) is 43.4 Å². The van der Waals surface area contributed by atoms with Crippen LogP contribution in [0.3, 0.4) is 0 Å². The second kappa shape index (κ2) is 7.36. The molecule has 0 unspecified atom stereocenters. The summed E-state index contributed by atoms with van der Waals surface area (Å²) < 4.78 is 42.5. The van der Waals surface area contributed by atoms with Crippen LogP contribution in [-0.4, -0.2) is 25.2 Å². The highest BCUT2D eigenvalue weighted by atomic mass is 35.5. The van der Waals surface area contributed by atoms with Crippen molar-refractivity contribution in [2.24, 2.45) is 0 Å². The molecular formula is C18H24ClF3N2. The zero-order valence-electron chi connectivity index (χ0n) is 14.1. The van der Waals surface area contributed by atoms with Crippen molar-refractivity contribution in [1.82, 2.24) is 4.57 Å². The van der Waals surface area contributed by atoms with Crippen molar-refractivity contribution in [2.75, 3.05) is 20.6 Å². The molecule has 1 aliphatic carbocycles. The average Bonchev–Trinajstić information content (AvgIpc) is 2.81. The summed E-state index contributed by atoms with van der Waals surface area (Å²) in [5.74, 6) is 0. The van der Waals surface area contributed by atoms with Crippen molar-refractivity contribution in [3.8, 4) is 0 Å². The Kier molecular flexibility index (Phi) is 5.87. The number of alkyl halides is 3. The fourth-order valence-electron chi connectivity index (χ4n) is 3.77. The topological polar surface area (TPSA) is 9.37 Å². The Hall–Kier alpha value is -1.20. The maximum atomic E-state index is 13.4. The van der Waals surface area contributed by atoms with Gasteiger partial charge in [-0.25, -0.2) is 0 Å². The van der Waals surface area contributed by atoms with Crippen molar-refractivity contribution in [1.29, 1.82) is 0 Å². The molecule has 0 atom stereocenters. The van der Waals surface area contributed by atoms with Crippen LogP contribution in [0.15, 0.2) is 18.2 Å². The van der Waals surface area contributed by atoms with Crippen molar-refractivity contribution >= 4 is 10.9 Å². The van der Waals surface area contributed by atoms with E-state index in [4.69, 9.17) is 0 Å². The van der Waals surface area contributed by atoms with Crippen molar-refractivity contribution in [3.63, 3.8) is 0 Å². The molecule has 24 heavy (non-hydrogen) atoms. The van der Waals surface area contributed by atoms with Gasteiger partial charge in [0, 0.05) is 29.6 Å². The van der Waals surface area contributed by atoms with Gasteiger partial charge in [-0.3, -0.25) is 0 Å². The molecule has 3 rings (SSSR count). The molecule has 0 aliphatic heterocycles. The molecule has 0 radical (unpaired) electrons. The van der Waals surface area contributed by atoms with Gasteiger partial charge in [0.1, 0.15) is 0 Å². The van der Waals surface area contributed by atoms with Gasteiger partial charge in [0.05, 0.1) is 26.2 Å². The van der Waals surface area contributed by atoms with Gasteiger partial charge in [0.15, 0.2) is 0 Å². The number of quaternary nitrogens is 1. The van der Waals surface area contributed by atoms with Crippen LogP contribution in [0, 0.1) is 0 Å². The molecule has 0 fully saturated rings. The number of aryl methyl sites for hydroxylation is 2. The van der Waals surface area contributed by atoms with Gasteiger partial charge in [0.25, 0.3) is 0 Å². The second-order valence-corrected chi connectivity index (χ2v) is 6.79. The highest BCUT2D eigenvalue weighted by molar-refractivity contribution is 5.89. The Morgan fingerprint density at radius 3 is 2.50 bits per heavy atom. The molecule has 134 valence electrons. The fraction of sp³-hybridized carbons (Fsp3) is 0.556. The van der Waals surface area contributed by atoms with Crippen LogP contribution in [0.4, 0.5) is 13.2 Å². The van der Waals surface area contributed by atoms with E-state index in [0.29, 0.717) is 5.39 Å². The monoisotopic (exact) mass is 360 g/mol. The zero-order chi connectivity index (χ0) is 16.6. The van der Waals surface area contributed by atoms with Crippen LogP contribution in [0.25, 0.3) is 10.9 Å². The predicted octanol–water partition coefficient (Wildman–Crippen LogP) is 0.0775. The van der Waals surface area contributed by atoms with Crippen LogP contribution in [0.5, 0.6) is 0 Å². The summed E-state index contributed by atoms with van der Waals surface area (Å²) in [4.78, 5) is 1.37. The number of benzene rings is 1. The number of hydrogen-bond donors (Lipinski definition) is 1. The summed E-state index contributed by atoms with van der Waals surface area (Å²) in [6.07, 6.45) is 0.421. The molecule has 0 amide bonds. The lowest BCUT2D eigenvalue weighted by Crippen LogP contribution is -3.05. The zero-order valence-corrected chi connectivity index (χ0v) is 14.9. The van der Waals surface area contributed by atoms with E-state index in [-0.39, 0.29) is 12.4 Å². The number of fused-ring (bicyclic) bond motifs is 3. The maximum Gasteiger partial charge on any atom is 0.417 e. The molecule has 0 bridgehead atoms. The van der Waals surface area contributed by atoms with Crippen LogP contribution >= 0.6 is 0 Å². The van der Waals surface area contributed by atoms with Crippen LogP contribution in [-0.2, 0) is 25.6 Å². The third kappa shape index (κ3) is 3.57. The Morgan fingerprint density at radius 2 is 1.83 bits per heavy atom. The molecule has 1 aromatic carbocycles. The molecule has 1 heterocycles. The van der Waals surface area contributed by atoms with E-state index < -0.39 is 11.7 Å². The first-order valence-corrected chi connectivity index (χ1v) is 8.39. The minimum Gasteiger partial charge on any atom is -1.00 e. The summed E-state index contributed by atoms with van der Waals surface area (Å²) in [5.41, 5.74) is 2.37. The summed E-state index contributed by atoms with van der Waals surface area (Å²) in [6, 6.07) is 4.63. The molecule has 0 spiro atoms. The van der Waals surface area contributed by atoms with Crippen LogP contribution in [0.2, 0.25) is 0 Å². The quantitative estimate of drug-likeness (QED) is 0.791. The minimum absolute atomic E-state index is 0. The van der Waals surface area contributed by atoms with Crippen molar-refractivity contribution in [2.45, 2.75) is 44.8 Å². The Balaban J connectivity index is 0.00000208. The number of halogens is 4. The first-order chi connectivity index (χ1) is 10.9. The summed E-state index contributed by atoms with van der Waals surface area (Å²) >= 11 is 0. The molecule has 6 heteroatoms. The van der Waals surface area contributed by atoms with Gasteiger partial charge in [0.2, 0.25) is 0 Å². The molecule has 1 aliphatic rings. The van der Waals surface area contributed by atoms with E-state index in [1.165, 1.54) is 11.0 Å². The van der Waals surface area contributed by atoms with Gasteiger partial charge in [-0.15, -0.1) is 0 Å². The molecular weight excluding hydrogens is 337 g/mol. The highest BCUT2D eigenvalue weighted by Crippen LogP contribution is 2.40. The smallest absolute Gasteiger partial charge is 0.417 e. The summed E-state index contributed by atoms with van der Waals surface area (Å²) in [5, 5.41) is 0.451. The lowest BCUT2D eigenvalue weighted by molar-refractivity contribution is -0.858.